The molecule has 184 valence electrons. The maximum Gasteiger partial charge on any atom is 0.232 e. The van der Waals surface area contributed by atoms with E-state index in [1.54, 1.807) is 0 Å². The van der Waals surface area contributed by atoms with Crippen molar-refractivity contribution in [1.82, 2.24) is 15.0 Å². The number of hydrogen-bond acceptors (Lipinski definition) is 8. The summed E-state index contributed by atoms with van der Waals surface area (Å²) < 4.78 is 16.9. The van der Waals surface area contributed by atoms with E-state index in [-0.39, 0.29) is 0 Å². The van der Waals surface area contributed by atoms with Crippen LogP contribution in [0, 0.1) is 0 Å². The van der Waals surface area contributed by atoms with Crippen molar-refractivity contribution in [2.45, 2.75) is 33.4 Å². The lowest BCUT2D eigenvalue weighted by Gasteiger charge is -2.31. The van der Waals surface area contributed by atoms with Gasteiger partial charge in [-0.3, -0.25) is 9.80 Å². The molecule has 1 aromatic heterocycles. The number of rotatable bonds is 14. The Hall–Kier alpha value is -1.97. The lowest BCUT2D eigenvalue weighted by atomic mass is 10.1. The van der Waals surface area contributed by atoms with Crippen molar-refractivity contribution >= 4 is 5.88 Å². The van der Waals surface area contributed by atoms with Crippen LogP contribution in [0.15, 0.2) is 34.9 Å². The van der Waals surface area contributed by atoms with E-state index in [1.165, 1.54) is 0 Å². The van der Waals surface area contributed by atoms with Crippen LogP contribution in [0.25, 0.3) is 11.3 Å². The van der Waals surface area contributed by atoms with Crippen LogP contribution in [-0.4, -0.2) is 98.4 Å². The first-order chi connectivity index (χ1) is 16.2. The normalized spacial score (nSPS) is 15.8. The van der Waals surface area contributed by atoms with Gasteiger partial charge in [0.05, 0.1) is 31.5 Å². The highest BCUT2D eigenvalue weighted by Gasteiger charge is 2.25. The number of ether oxygens (including phenoxy) is 2. The number of aliphatic hydroxyl groups is 1. The fourth-order valence-corrected chi connectivity index (χ4v) is 4.20. The lowest BCUT2D eigenvalue weighted by Crippen LogP contribution is -2.43. The van der Waals surface area contributed by atoms with Crippen molar-refractivity contribution < 1.29 is 19.1 Å². The molecule has 1 aliphatic rings. The Kier molecular flexibility index (Phi) is 10.6. The number of morpholine rings is 1. The summed E-state index contributed by atoms with van der Waals surface area (Å²) in [6, 6.07) is 10.2. The van der Waals surface area contributed by atoms with Crippen molar-refractivity contribution in [2.75, 3.05) is 77.1 Å². The average molecular weight is 461 g/mol. The van der Waals surface area contributed by atoms with Crippen LogP contribution in [0.3, 0.4) is 0 Å². The van der Waals surface area contributed by atoms with Gasteiger partial charge < -0.3 is 24.0 Å². The molecule has 1 unspecified atom stereocenters. The van der Waals surface area contributed by atoms with Gasteiger partial charge in [-0.15, -0.1) is 0 Å². The van der Waals surface area contributed by atoms with E-state index in [1.807, 2.05) is 25.1 Å². The van der Waals surface area contributed by atoms with E-state index in [9.17, 15) is 5.11 Å². The van der Waals surface area contributed by atoms with Gasteiger partial charge in [-0.05, 0) is 20.8 Å². The van der Waals surface area contributed by atoms with Crippen LogP contribution >= 0.6 is 0 Å². The highest BCUT2D eigenvalue weighted by Crippen LogP contribution is 2.32. The second-order valence-electron chi connectivity index (χ2n) is 8.36. The minimum absolute atomic E-state index is 0.336. The summed E-state index contributed by atoms with van der Waals surface area (Å²) in [7, 11) is 0. The Morgan fingerprint density at radius 1 is 1.12 bits per heavy atom. The van der Waals surface area contributed by atoms with Crippen LogP contribution < -0.4 is 4.90 Å². The van der Waals surface area contributed by atoms with Gasteiger partial charge in [0.1, 0.15) is 5.69 Å². The molecule has 3 rings (SSSR count). The zero-order chi connectivity index (χ0) is 23.5. The van der Waals surface area contributed by atoms with Crippen molar-refractivity contribution in [3.05, 3.63) is 35.9 Å². The Morgan fingerprint density at radius 3 is 2.52 bits per heavy atom. The van der Waals surface area contributed by atoms with E-state index in [4.69, 9.17) is 14.0 Å². The Balaban J connectivity index is 1.84. The van der Waals surface area contributed by atoms with Crippen LogP contribution in [-0.2, 0) is 16.0 Å². The second kappa shape index (κ2) is 13.7. The van der Waals surface area contributed by atoms with Crippen molar-refractivity contribution in [3.63, 3.8) is 0 Å². The predicted octanol–water partition coefficient (Wildman–Crippen LogP) is 2.72. The van der Waals surface area contributed by atoms with E-state index in [0.717, 1.165) is 75.2 Å². The Labute approximate surface area is 198 Å². The van der Waals surface area contributed by atoms with Crippen LogP contribution in [0.4, 0.5) is 5.88 Å². The summed E-state index contributed by atoms with van der Waals surface area (Å²) >= 11 is 0. The summed E-state index contributed by atoms with van der Waals surface area (Å²) in [5.74, 6) is 0.814. The molecule has 0 spiro atoms. The molecule has 0 amide bonds. The molecule has 1 aliphatic heterocycles. The van der Waals surface area contributed by atoms with E-state index >= 15 is 0 Å². The topological polar surface area (TPSA) is 74.4 Å². The fraction of sp³-hybridized carbons (Fsp3) is 0.640. The maximum atomic E-state index is 10.6. The molecule has 1 atom stereocenters. The van der Waals surface area contributed by atoms with Gasteiger partial charge in [0, 0.05) is 64.5 Å². The second-order valence-corrected chi connectivity index (χ2v) is 8.36. The van der Waals surface area contributed by atoms with Gasteiger partial charge in [-0.25, -0.2) is 0 Å². The molecule has 1 N–H and O–H groups in total. The third kappa shape index (κ3) is 7.52. The molecular formula is C25H40N4O4. The lowest BCUT2D eigenvalue weighted by molar-refractivity contribution is 0.00989. The standard InChI is InChI=1S/C25H40N4O4/c1-4-29(5-2)25-23(24(26-33-25)21-10-8-7-9-11-21)19-28(18-22(30)20-31-6-3)13-12-27-14-16-32-17-15-27/h7-11,22,30H,4-6,12-20H2,1-3H3. The summed E-state index contributed by atoms with van der Waals surface area (Å²) in [5, 5.41) is 15.1. The SMILES string of the molecule is CCOCC(O)CN(CCN1CCOCC1)Cc1c(-c2ccccc2)noc1N(CC)CC. The Morgan fingerprint density at radius 2 is 1.85 bits per heavy atom. The predicted molar refractivity (Wildman–Crippen MR) is 131 cm³/mol. The van der Waals surface area contributed by atoms with E-state index in [2.05, 4.69) is 45.8 Å². The van der Waals surface area contributed by atoms with Crippen LogP contribution in [0.5, 0.6) is 0 Å². The molecule has 33 heavy (non-hydrogen) atoms. The number of anilines is 1. The first kappa shape index (κ1) is 25.6. The largest absolute Gasteiger partial charge is 0.389 e. The average Bonchev–Trinajstić information content (AvgIpc) is 3.26. The molecule has 1 saturated heterocycles. The molecule has 8 nitrogen and oxygen atoms in total. The first-order valence-electron chi connectivity index (χ1n) is 12.2. The van der Waals surface area contributed by atoms with Crippen molar-refractivity contribution in [3.8, 4) is 11.3 Å². The van der Waals surface area contributed by atoms with Gasteiger partial charge in [0.2, 0.25) is 5.88 Å². The number of aromatic nitrogens is 1. The minimum Gasteiger partial charge on any atom is -0.389 e. The van der Waals surface area contributed by atoms with Crippen molar-refractivity contribution in [2.24, 2.45) is 0 Å². The fourth-order valence-electron chi connectivity index (χ4n) is 4.20. The zero-order valence-electron chi connectivity index (χ0n) is 20.4. The summed E-state index contributed by atoms with van der Waals surface area (Å²) in [6.45, 7) is 15.2. The third-order valence-electron chi connectivity index (χ3n) is 6.07. The molecule has 1 aromatic carbocycles. The van der Waals surface area contributed by atoms with Crippen molar-refractivity contribution in [1.29, 1.82) is 0 Å². The van der Waals surface area contributed by atoms with E-state index < -0.39 is 6.10 Å². The highest BCUT2D eigenvalue weighted by molar-refractivity contribution is 5.68. The smallest absolute Gasteiger partial charge is 0.232 e. The quantitative estimate of drug-likeness (QED) is 0.461. The monoisotopic (exact) mass is 460 g/mol. The molecule has 0 saturated carbocycles. The van der Waals surface area contributed by atoms with Gasteiger partial charge in [0.25, 0.3) is 0 Å². The zero-order valence-corrected chi connectivity index (χ0v) is 20.4. The summed E-state index contributed by atoms with van der Waals surface area (Å²) in [4.78, 5) is 6.92. The Bertz CT molecular complexity index is 791. The third-order valence-corrected chi connectivity index (χ3v) is 6.07. The minimum atomic E-state index is -0.549. The summed E-state index contributed by atoms with van der Waals surface area (Å²) in [6.07, 6.45) is -0.549. The highest BCUT2D eigenvalue weighted by atomic mass is 16.5. The van der Waals surface area contributed by atoms with E-state index in [0.29, 0.717) is 26.3 Å². The number of benzene rings is 1. The van der Waals surface area contributed by atoms with Gasteiger partial charge >= 0.3 is 0 Å². The van der Waals surface area contributed by atoms with Crippen LogP contribution in [0.1, 0.15) is 26.3 Å². The molecule has 0 aliphatic carbocycles. The number of aliphatic hydroxyl groups excluding tert-OH is 1. The van der Waals surface area contributed by atoms with Gasteiger partial charge in [-0.1, -0.05) is 35.5 Å². The number of hydrogen-bond donors (Lipinski definition) is 1. The molecule has 0 bridgehead atoms. The van der Waals surface area contributed by atoms with Gasteiger partial charge in [0.15, 0.2) is 0 Å². The molecule has 0 radical (unpaired) electrons. The maximum absolute atomic E-state index is 10.6. The number of nitrogens with zero attached hydrogens (tertiary/aromatic N) is 4. The summed E-state index contributed by atoms with van der Waals surface area (Å²) in [5.41, 5.74) is 2.97. The van der Waals surface area contributed by atoms with Gasteiger partial charge in [-0.2, -0.15) is 0 Å². The molecule has 8 heteroatoms. The molecular weight excluding hydrogens is 420 g/mol. The molecule has 2 heterocycles. The first-order valence-corrected chi connectivity index (χ1v) is 12.2. The van der Waals surface area contributed by atoms with Crippen LogP contribution in [0.2, 0.25) is 0 Å². The molecule has 1 fully saturated rings. The molecule has 2 aromatic rings.